The molecule has 0 saturated carbocycles. The highest BCUT2D eigenvalue weighted by molar-refractivity contribution is 5.71. The molecule has 0 spiro atoms. The minimum atomic E-state index is -0.794. The highest BCUT2D eigenvalue weighted by Gasteiger charge is 2.19. The van der Waals surface area contributed by atoms with E-state index in [1.807, 2.05) is 0 Å². The van der Waals surface area contributed by atoms with Gasteiger partial charge >= 0.3 is 17.9 Å². The predicted molar refractivity (Wildman–Crippen MR) is 247 cm³/mol. The maximum Gasteiger partial charge on any atom is 0.306 e. The van der Waals surface area contributed by atoms with Crippen LogP contribution < -0.4 is 0 Å². The van der Waals surface area contributed by atoms with Crippen molar-refractivity contribution in [3.05, 3.63) is 48.6 Å². The number of unbranched alkanes of at least 4 members (excludes halogenated alkanes) is 26. The monoisotopic (exact) mass is 813 g/mol. The molecule has 0 amide bonds. The third-order valence-corrected chi connectivity index (χ3v) is 10.6. The van der Waals surface area contributed by atoms with Gasteiger partial charge in [-0.05, 0) is 89.9 Å². The van der Waals surface area contributed by atoms with E-state index in [1.54, 1.807) is 0 Å². The number of ether oxygens (including phenoxy) is 3. The van der Waals surface area contributed by atoms with E-state index in [-0.39, 0.29) is 31.1 Å². The van der Waals surface area contributed by atoms with Crippen LogP contribution in [0.5, 0.6) is 0 Å². The molecule has 0 aromatic heterocycles. The lowest BCUT2D eigenvalue weighted by Gasteiger charge is -2.18. The summed E-state index contributed by atoms with van der Waals surface area (Å²) in [6, 6.07) is 0. The summed E-state index contributed by atoms with van der Waals surface area (Å²) < 4.78 is 16.7. The first kappa shape index (κ1) is 55.4. The van der Waals surface area contributed by atoms with E-state index in [1.165, 1.54) is 135 Å². The lowest BCUT2D eigenvalue weighted by atomic mass is 10.1. The van der Waals surface area contributed by atoms with Gasteiger partial charge in [0.2, 0.25) is 0 Å². The molecule has 58 heavy (non-hydrogen) atoms. The first-order chi connectivity index (χ1) is 28.5. The van der Waals surface area contributed by atoms with Crippen LogP contribution in [0, 0.1) is 0 Å². The molecule has 0 bridgehead atoms. The molecular weight excluding hydrogens is 721 g/mol. The molecule has 0 aromatic carbocycles. The third-order valence-electron chi connectivity index (χ3n) is 10.6. The quantitative estimate of drug-likeness (QED) is 0.0200. The smallest absolute Gasteiger partial charge is 0.306 e. The molecule has 6 heteroatoms. The Labute approximate surface area is 358 Å². The van der Waals surface area contributed by atoms with Crippen molar-refractivity contribution in [2.75, 3.05) is 13.2 Å². The highest BCUT2D eigenvalue weighted by atomic mass is 16.6. The van der Waals surface area contributed by atoms with Gasteiger partial charge < -0.3 is 14.2 Å². The third kappa shape index (κ3) is 44.5. The summed E-state index contributed by atoms with van der Waals surface area (Å²) in [4.78, 5) is 37.8. The molecule has 0 radical (unpaired) electrons. The fourth-order valence-electron chi connectivity index (χ4n) is 6.78. The second-order valence-electron chi connectivity index (χ2n) is 16.4. The number of esters is 3. The number of carbonyl (C=O) groups is 3. The van der Waals surface area contributed by atoms with Crippen LogP contribution in [-0.2, 0) is 28.6 Å². The molecular formula is C52H92O6. The van der Waals surface area contributed by atoms with Crippen LogP contribution in [0.25, 0.3) is 0 Å². The van der Waals surface area contributed by atoms with Crippen molar-refractivity contribution in [3.63, 3.8) is 0 Å². The van der Waals surface area contributed by atoms with Crippen molar-refractivity contribution in [3.8, 4) is 0 Å². The normalized spacial score (nSPS) is 12.4. The SMILES string of the molecule is CCCCCC/C=C\CCCCCCCCCC(=O)OC(COC(=O)CCC/C=C\CCCCCC)COC(=O)CCCCC/C=C\C=C/CCCCCCCCC. The van der Waals surface area contributed by atoms with Crippen LogP contribution in [0.1, 0.15) is 245 Å². The highest BCUT2D eigenvalue weighted by Crippen LogP contribution is 2.13. The zero-order valence-electron chi connectivity index (χ0n) is 38.3. The Hall–Kier alpha value is -2.63. The summed E-state index contributed by atoms with van der Waals surface area (Å²) in [7, 11) is 0. The topological polar surface area (TPSA) is 78.9 Å². The van der Waals surface area contributed by atoms with E-state index in [0.29, 0.717) is 25.7 Å². The van der Waals surface area contributed by atoms with E-state index in [9.17, 15) is 14.4 Å². The molecule has 0 heterocycles. The van der Waals surface area contributed by atoms with Crippen LogP contribution in [0.4, 0.5) is 0 Å². The van der Waals surface area contributed by atoms with Crippen molar-refractivity contribution in [1.82, 2.24) is 0 Å². The van der Waals surface area contributed by atoms with Gasteiger partial charge in [0.15, 0.2) is 6.10 Å². The van der Waals surface area contributed by atoms with Gasteiger partial charge in [-0.25, -0.2) is 0 Å². The fraction of sp³-hybridized carbons (Fsp3) is 0.788. The second kappa shape index (κ2) is 47.1. The van der Waals surface area contributed by atoms with E-state index in [4.69, 9.17) is 14.2 Å². The average molecular weight is 813 g/mol. The van der Waals surface area contributed by atoms with Gasteiger partial charge in [-0.2, -0.15) is 0 Å². The first-order valence-corrected chi connectivity index (χ1v) is 24.7. The fourth-order valence-corrected chi connectivity index (χ4v) is 6.78. The number of hydrogen-bond donors (Lipinski definition) is 0. The average Bonchev–Trinajstić information content (AvgIpc) is 3.22. The van der Waals surface area contributed by atoms with E-state index in [0.717, 1.165) is 64.2 Å². The Bertz CT molecular complexity index is 1030. The van der Waals surface area contributed by atoms with Crippen molar-refractivity contribution < 1.29 is 28.6 Å². The molecule has 0 fully saturated rings. The zero-order chi connectivity index (χ0) is 42.3. The number of carbonyl (C=O) groups excluding carboxylic acids is 3. The summed E-state index contributed by atoms with van der Waals surface area (Å²) in [5.41, 5.74) is 0. The number of hydrogen-bond acceptors (Lipinski definition) is 6. The predicted octanol–water partition coefficient (Wildman–Crippen LogP) is 15.9. The Morgan fingerprint density at radius 2 is 0.638 bits per heavy atom. The van der Waals surface area contributed by atoms with Gasteiger partial charge in [-0.1, -0.05) is 185 Å². The van der Waals surface area contributed by atoms with Crippen molar-refractivity contribution >= 4 is 17.9 Å². The Balaban J connectivity index is 4.40. The summed E-state index contributed by atoms with van der Waals surface area (Å²) in [6.07, 6.45) is 55.3. The largest absolute Gasteiger partial charge is 0.462 e. The molecule has 0 rings (SSSR count). The van der Waals surface area contributed by atoms with Crippen molar-refractivity contribution in [2.45, 2.75) is 252 Å². The van der Waals surface area contributed by atoms with Crippen LogP contribution >= 0.6 is 0 Å². The van der Waals surface area contributed by atoms with E-state index >= 15 is 0 Å². The molecule has 0 aliphatic carbocycles. The lowest BCUT2D eigenvalue weighted by Crippen LogP contribution is -2.30. The van der Waals surface area contributed by atoms with Crippen molar-refractivity contribution in [1.29, 1.82) is 0 Å². The number of allylic oxidation sites excluding steroid dienone is 8. The van der Waals surface area contributed by atoms with Crippen molar-refractivity contribution in [2.24, 2.45) is 0 Å². The van der Waals surface area contributed by atoms with Crippen LogP contribution in [-0.4, -0.2) is 37.2 Å². The van der Waals surface area contributed by atoms with E-state index in [2.05, 4.69) is 69.4 Å². The van der Waals surface area contributed by atoms with Gasteiger partial charge in [0.1, 0.15) is 13.2 Å². The summed E-state index contributed by atoms with van der Waals surface area (Å²) in [6.45, 7) is 6.53. The maximum absolute atomic E-state index is 12.7. The Morgan fingerprint density at radius 1 is 0.345 bits per heavy atom. The minimum Gasteiger partial charge on any atom is -0.462 e. The summed E-state index contributed by atoms with van der Waals surface area (Å²) in [5, 5.41) is 0. The zero-order valence-corrected chi connectivity index (χ0v) is 38.3. The van der Waals surface area contributed by atoms with Gasteiger partial charge in [0.05, 0.1) is 0 Å². The lowest BCUT2D eigenvalue weighted by molar-refractivity contribution is -0.167. The molecule has 6 nitrogen and oxygen atoms in total. The van der Waals surface area contributed by atoms with Gasteiger partial charge in [0.25, 0.3) is 0 Å². The number of rotatable bonds is 44. The second-order valence-corrected chi connectivity index (χ2v) is 16.4. The molecule has 0 aromatic rings. The molecule has 1 atom stereocenters. The Morgan fingerprint density at radius 3 is 1.07 bits per heavy atom. The first-order valence-electron chi connectivity index (χ1n) is 24.7. The molecule has 336 valence electrons. The standard InChI is InChI=1S/C52H92O6/c1-4-7-10-13-16-19-21-23-25-27-28-30-33-36-39-42-45-51(54)57-48-49(47-56-50(53)44-41-38-35-32-18-15-12-9-6-3)58-52(55)46-43-40-37-34-31-29-26-24-22-20-17-14-11-8-5-2/h20,22,25,27-28,30,32,35,49H,4-19,21,23-24,26,29,31,33-34,36-48H2,1-3H3/b22-20-,27-25-,30-28-,35-32-. The van der Waals surface area contributed by atoms with Gasteiger partial charge in [-0.3, -0.25) is 14.4 Å². The molecule has 0 N–H and O–H groups in total. The molecule has 0 aliphatic heterocycles. The summed E-state index contributed by atoms with van der Waals surface area (Å²) >= 11 is 0. The van der Waals surface area contributed by atoms with E-state index < -0.39 is 6.10 Å². The van der Waals surface area contributed by atoms with Crippen LogP contribution in [0.3, 0.4) is 0 Å². The minimum absolute atomic E-state index is 0.0966. The van der Waals surface area contributed by atoms with Gasteiger partial charge in [0, 0.05) is 19.3 Å². The van der Waals surface area contributed by atoms with Crippen LogP contribution in [0.2, 0.25) is 0 Å². The Kier molecular flexibility index (Phi) is 44.9. The maximum atomic E-state index is 12.7. The van der Waals surface area contributed by atoms with Crippen LogP contribution in [0.15, 0.2) is 48.6 Å². The molecule has 1 unspecified atom stereocenters. The van der Waals surface area contributed by atoms with Gasteiger partial charge in [-0.15, -0.1) is 0 Å². The molecule has 0 aliphatic rings. The molecule has 0 saturated heterocycles. The summed E-state index contributed by atoms with van der Waals surface area (Å²) in [5.74, 6) is -0.959.